The molecule has 2 aromatic carbocycles. The van der Waals surface area contributed by atoms with Gasteiger partial charge in [0.25, 0.3) is 5.82 Å². The molecule has 1 heterocycles. The summed E-state index contributed by atoms with van der Waals surface area (Å²) in [5, 5.41) is 0. The summed E-state index contributed by atoms with van der Waals surface area (Å²) in [7, 11) is 2.14. The number of nitrogens with zero attached hydrogens (tertiary/aromatic N) is 2. The molecule has 0 bridgehead atoms. The molecule has 3 rings (SSSR count). The van der Waals surface area contributed by atoms with Gasteiger partial charge in [0.2, 0.25) is 0 Å². The first-order valence-electron chi connectivity index (χ1n) is 7.33. The zero-order valence-electron chi connectivity index (χ0n) is 12.9. The molecule has 0 radical (unpaired) electrons. The van der Waals surface area contributed by atoms with E-state index in [1.807, 2.05) is 0 Å². The minimum atomic E-state index is 0.901. The molecule has 0 saturated heterocycles. The van der Waals surface area contributed by atoms with Crippen molar-refractivity contribution in [2.45, 2.75) is 20.4 Å². The Bertz CT molecular complexity index is 740. The van der Waals surface area contributed by atoms with E-state index in [1.165, 1.54) is 28.3 Å². The molecular weight excluding hydrogens is 256 g/mol. The SMILES string of the molecule is Cc1c(C)[n+](Cc2ccccc2)c(-c2ccccc2)n1C. The Kier molecular flexibility index (Phi) is 3.61. The minimum Gasteiger partial charge on any atom is -0.230 e. The van der Waals surface area contributed by atoms with Crippen molar-refractivity contribution in [3.63, 3.8) is 0 Å². The molecule has 21 heavy (non-hydrogen) atoms. The van der Waals surface area contributed by atoms with Crippen LogP contribution in [-0.2, 0) is 13.6 Å². The van der Waals surface area contributed by atoms with Crippen LogP contribution in [0, 0.1) is 13.8 Å². The van der Waals surface area contributed by atoms with Crippen LogP contribution in [-0.4, -0.2) is 4.57 Å². The molecule has 106 valence electrons. The summed E-state index contributed by atoms with van der Waals surface area (Å²) in [6, 6.07) is 21.2. The molecule has 3 aromatic rings. The standard InChI is InChI=1S/C19H21N2/c1-15-16(2)21(14-17-10-6-4-7-11-17)19(20(15)3)18-12-8-5-9-13-18/h4-13H,14H2,1-3H3/q+1. The number of hydrogen-bond donors (Lipinski definition) is 0. The number of aromatic nitrogens is 2. The monoisotopic (exact) mass is 277 g/mol. The minimum absolute atomic E-state index is 0.901. The van der Waals surface area contributed by atoms with Gasteiger partial charge in [-0.15, -0.1) is 0 Å². The molecule has 0 aliphatic heterocycles. The first-order valence-corrected chi connectivity index (χ1v) is 7.33. The molecule has 0 N–H and O–H groups in total. The Morgan fingerprint density at radius 3 is 2.05 bits per heavy atom. The first kappa shape index (κ1) is 13.6. The third-order valence-electron chi connectivity index (χ3n) is 4.22. The Morgan fingerprint density at radius 1 is 0.857 bits per heavy atom. The van der Waals surface area contributed by atoms with Crippen molar-refractivity contribution in [1.29, 1.82) is 0 Å². The van der Waals surface area contributed by atoms with E-state index in [2.05, 4.69) is 90.7 Å². The lowest BCUT2D eigenvalue weighted by Crippen LogP contribution is -2.38. The van der Waals surface area contributed by atoms with E-state index in [4.69, 9.17) is 0 Å². The topological polar surface area (TPSA) is 8.81 Å². The van der Waals surface area contributed by atoms with Gasteiger partial charge in [0.1, 0.15) is 17.9 Å². The van der Waals surface area contributed by atoms with Crippen LogP contribution in [0.2, 0.25) is 0 Å². The molecule has 2 nitrogen and oxygen atoms in total. The maximum atomic E-state index is 2.40. The van der Waals surface area contributed by atoms with Crippen molar-refractivity contribution >= 4 is 0 Å². The van der Waals surface area contributed by atoms with E-state index in [0.29, 0.717) is 0 Å². The number of hydrogen-bond acceptors (Lipinski definition) is 0. The molecule has 1 aromatic heterocycles. The van der Waals surface area contributed by atoms with Gasteiger partial charge in [-0.3, -0.25) is 0 Å². The average molecular weight is 277 g/mol. The third-order valence-corrected chi connectivity index (χ3v) is 4.22. The number of imidazole rings is 1. The van der Waals surface area contributed by atoms with E-state index in [9.17, 15) is 0 Å². The molecule has 0 saturated carbocycles. The highest BCUT2D eigenvalue weighted by molar-refractivity contribution is 5.53. The van der Waals surface area contributed by atoms with Crippen LogP contribution in [0.4, 0.5) is 0 Å². The van der Waals surface area contributed by atoms with Crippen molar-refractivity contribution < 1.29 is 4.57 Å². The fourth-order valence-electron chi connectivity index (χ4n) is 2.83. The van der Waals surface area contributed by atoms with Crippen LogP contribution >= 0.6 is 0 Å². The van der Waals surface area contributed by atoms with Gasteiger partial charge in [-0.25, -0.2) is 9.13 Å². The van der Waals surface area contributed by atoms with Crippen molar-refractivity contribution in [2.24, 2.45) is 7.05 Å². The Labute approximate surface area is 126 Å². The van der Waals surface area contributed by atoms with Gasteiger partial charge >= 0.3 is 0 Å². The highest BCUT2D eigenvalue weighted by Gasteiger charge is 2.24. The van der Waals surface area contributed by atoms with Gasteiger partial charge in [-0.05, 0) is 17.7 Å². The lowest BCUT2D eigenvalue weighted by molar-refractivity contribution is -0.682. The lowest BCUT2D eigenvalue weighted by Gasteiger charge is -2.05. The average Bonchev–Trinajstić information content (AvgIpc) is 2.74. The predicted octanol–water partition coefficient (Wildman–Crippen LogP) is 3.64. The zero-order valence-corrected chi connectivity index (χ0v) is 12.9. The summed E-state index contributed by atoms with van der Waals surface area (Å²) in [6.07, 6.45) is 0. The second kappa shape index (κ2) is 5.57. The molecule has 0 spiro atoms. The van der Waals surface area contributed by atoms with Gasteiger partial charge in [0, 0.05) is 13.8 Å². The van der Waals surface area contributed by atoms with Gasteiger partial charge in [0.05, 0.1) is 12.6 Å². The molecule has 0 atom stereocenters. The fraction of sp³-hybridized carbons (Fsp3) is 0.211. The Balaban J connectivity index is 2.14. The summed E-state index contributed by atoms with van der Waals surface area (Å²) in [5.41, 5.74) is 5.21. The Morgan fingerprint density at radius 2 is 1.43 bits per heavy atom. The van der Waals surface area contributed by atoms with Gasteiger partial charge in [-0.1, -0.05) is 48.5 Å². The highest BCUT2D eigenvalue weighted by Crippen LogP contribution is 2.19. The first-order chi connectivity index (χ1) is 10.2. The maximum Gasteiger partial charge on any atom is 0.289 e. The van der Waals surface area contributed by atoms with Crippen LogP contribution in [0.3, 0.4) is 0 Å². The van der Waals surface area contributed by atoms with E-state index < -0.39 is 0 Å². The van der Waals surface area contributed by atoms with Gasteiger partial charge in [-0.2, -0.15) is 0 Å². The summed E-state index contributed by atoms with van der Waals surface area (Å²) in [5.74, 6) is 1.26. The van der Waals surface area contributed by atoms with Gasteiger partial charge in [0.15, 0.2) is 0 Å². The van der Waals surface area contributed by atoms with E-state index in [-0.39, 0.29) is 0 Å². The van der Waals surface area contributed by atoms with Gasteiger partial charge < -0.3 is 0 Å². The molecular formula is C19H21N2+. The molecule has 0 aliphatic rings. The second-order valence-electron chi connectivity index (χ2n) is 5.49. The van der Waals surface area contributed by atoms with E-state index in [1.54, 1.807) is 0 Å². The lowest BCUT2D eigenvalue weighted by atomic mass is 10.2. The summed E-state index contributed by atoms with van der Waals surface area (Å²) in [4.78, 5) is 0. The molecule has 2 heteroatoms. The number of rotatable bonds is 3. The second-order valence-corrected chi connectivity index (χ2v) is 5.49. The highest BCUT2D eigenvalue weighted by atomic mass is 15.2. The van der Waals surface area contributed by atoms with Crippen LogP contribution in [0.5, 0.6) is 0 Å². The predicted molar refractivity (Wildman–Crippen MR) is 86.1 cm³/mol. The smallest absolute Gasteiger partial charge is 0.230 e. The number of benzene rings is 2. The van der Waals surface area contributed by atoms with Crippen molar-refractivity contribution in [3.8, 4) is 11.4 Å². The Hall–Kier alpha value is -2.35. The molecule has 0 fully saturated rings. The normalized spacial score (nSPS) is 10.8. The van der Waals surface area contributed by atoms with Crippen molar-refractivity contribution in [2.75, 3.05) is 0 Å². The van der Waals surface area contributed by atoms with E-state index in [0.717, 1.165) is 6.54 Å². The van der Waals surface area contributed by atoms with Crippen LogP contribution in [0.15, 0.2) is 60.7 Å². The molecule has 0 unspecified atom stereocenters. The van der Waals surface area contributed by atoms with Crippen LogP contribution in [0.1, 0.15) is 17.0 Å². The van der Waals surface area contributed by atoms with Crippen LogP contribution in [0.25, 0.3) is 11.4 Å². The molecule has 0 aliphatic carbocycles. The zero-order chi connectivity index (χ0) is 14.8. The largest absolute Gasteiger partial charge is 0.289 e. The fourth-order valence-corrected chi connectivity index (χ4v) is 2.83. The quantitative estimate of drug-likeness (QED) is 0.646. The summed E-state index contributed by atoms with van der Waals surface area (Å²) in [6.45, 7) is 5.28. The van der Waals surface area contributed by atoms with Crippen molar-refractivity contribution in [3.05, 3.63) is 77.6 Å². The maximum absolute atomic E-state index is 2.40. The van der Waals surface area contributed by atoms with Crippen LogP contribution < -0.4 is 4.57 Å². The van der Waals surface area contributed by atoms with E-state index >= 15 is 0 Å². The summed E-state index contributed by atoms with van der Waals surface area (Å²) >= 11 is 0. The van der Waals surface area contributed by atoms with Crippen molar-refractivity contribution in [1.82, 2.24) is 4.57 Å². The third kappa shape index (κ3) is 2.49. The molecule has 0 amide bonds. The summed E-state index contributed by atoms with van der Waals surface area (Å²) < 4.78 is 4.69.